The number of piperazine rings is 1. The lowest BCUT2D eigenvalue weighted by Gasteiger charge is -2.35. The molecule has 0 aromatic carbocycles. The third kappa shape index (κ3) is 3.30. The molecule has 1 aliphatic heterocycles. The van der Waals surface area contributed by atoms with E-state index < -0.39 is 0 Å². The van der Waals surface area contributed by atoms with Crippen molar-refractivity contribution in [1.29, 1.82) is 0 Å². The first-order chi connectivity index (χ1) is 12.5. The van der Waals surface area contributed by atoms with E-state index in [2.05, 4.69) is 9.88 Å². The van der Waals surface area contributed by atoms with Crippen LogP contribution in [0.1, 0.15) is 43.0 Å². The highest BCUT2D eigenvalue weighted by Gasteiger charge is 2.24. The Labute approximate surface area is 157 Å². The van der Waals surface area contributed by atoms with Gasteiger partial charge in [-0.1, -0.05) is 13.8 Å². The van der Waals surface area contributed by atoms with Gasteiger partial charge >= 0.3 is 0 Å². The van der Waals surface area contributed by atoms with Crippen LogP contribution in [0.4, 0.5) is 0 Å². The minimum absolute atomic E-state index is 0.0121. The number of H-pyrrole nitrogens is 1. The van der Waals surface area contributed by atoms with E-state index in [0.717, 1.165) is 55.1 Å². The number of carbonyl (C=O) groups excluding carboxylic acids is 1. The molecular weight excluding hydrogens is 348 g/mol. The average Bonchev–Trinajstić information content (AvgIpc) is 3.00. The van der Waals surface area contributed by atoms with Crippen molar-refractivity contribution in [2.75, 3.05) is 26.2 Å². The number of rotatable bonds is 3. The van der Waals surface area contributed by atoms with E-state index in [-0.39, 0.29) is 17.4 Å². The molecule has 3 heterocycles. The molecule has 0 atom stereocenters. The summed E-state index contributed by atoms with van der Waals surface area (Å²) < 4.78 is 0. The maximum atomic E-state index is 12.6. The van der Waals surface area contributed by atoms with Gasteiger partial charge in [0.1, 0.15) is 10.7 Å². The van der Waals surface area contributed by atoms with E-state index in [1.54, 1.807) is 11.3 Å². The van der Waals surface area contributed by atoms with Gasteiger partial charge < -0.3 is 9.88 Å². The van der Waals surface area contributed by atoms with Crippen LogP contribution in [0.5, 0.6) is 0 Å². The van der Waals surface area contributed by atoms with Crippen molar-refractivity contribution in [3.05, 3.63) is 26.6 Å². The first-order valence-corrected chi connectivity index (χ1v) is 10.4. The van der Waals surface area contributed by atoms with E-state index in [1.807, 2.05) is 18.7 Å². The normalized spacial score (nSPS) is 18.5. The van der Waals surface area contributed by atoms with Crippen molar-refractivity contribution in [1.82, 2.24) is 19.8 Å². The zero-order chi connectivity index (χ0) is 18.3. The van der Waals surface area contributed by atoms with Gasteiger partial charge in [-0.15, -0.1) is 11.3 Å². The fourth-order valence-corrected chi connectivity index (χ4v) is 5.27. The van der Waals surface area contributed by atoms with Gasteiger partial charge in [-0.3, -0.25) is 14.5 Å². The van der Waals surface area contributed by atoms with Crippen LogP contribution in [0.3, 0.4) is 0 Å². The molecule has 1 aliphatic carbocycles. The number of aromatic nitrogens is 2. The van der Waals surface area contributed by atoms with Crippen LogP contribution in [0.15, 0.2) is 4.79 Å². The SMILES string of the molecule is CC(C)C(=O)N1CCN(Cc2nc3sc4c(c3c(=O)[nH]2)CCCC4)CC1. The largest absolute Gasteiger partial charge is 0.340 e. The number of amides is 1. The van der Waals surface area contributed by atoms with Crippen LogP contribution >= 0.6 is 11.3 Å². The highest BCUT2D eigenvalue weighted by Crippen LogP contribution is 2.33. The second-order valence-corrected chi connectivity index (χ2v) is 8.74. The summed E-state index contributed by atoms with van der Waals surface area (Å²) in [6.45, 7) is 7.66. The number of aryl methyl sites for hydroxylation is 2. The van der Waals surface area contributed by atoms with Crippen molar-refractivity contribution in [3.63, 3.8) is 0 Å². The lowest BCUT2D eigenvalue weighted by atomic mass is 9.97. The topological polar surface area (TPSA) is 69.3 Å². The molecule has 2 aliphatic rings. The molecule has 0 saturated carbocycles. The molecule has 2 aromatic heterocycles. The van der Waals surface area contributed by atoms with Crippen LogP contribution in [0.25, 0.3) is 10.2 Å². The first kappa shape index (κ1) is 17.7. The second kappa shape index (κ2) is 7.12. The van der Waals surface area contributed by atoms with Gasteiger partial charge in [0, 0.05) is 37.0 Å². The summed E-state index contributed by atoms with van der Waals surface area (Å²) in [4.78, 5) is 38.9. The number of hydrogen-bond acceptors (Lipinski definition) is 5. The number of nitrogens with one attached hydrogen (secondary N) is 1. The number of hydrogen-bond donors (Lipinski definition) is 1. The molecule has 0 bridgehead atoms. The lowest BCUT2D eigenvalue weighted by molar-refractivity contribution is -0.136. The summed E-state index contributed by atoms with van der Waals surface area (Å²) in [5.74, 6) is 1.01. The molecule has 1 saturated heterocycles. The van der Waals surface area contributed by atoms with Crippen molar-refractivity contribution in [2.24, 2.45) is 5.92 Å². The molecule has 4 rings (SSSR count). The minimum atomic E-state index is 0.0121. The van der Waals surface area contributed by atoms with Gasteiger partial charge in [0.25, 0.3) is 5.56 Å². The molecule has 140 valence electrons. The monoisotopic (exact) mass is 374 g/mol. The lowest BCUT2D eigenvalue weighted by Crippen LogP contribution is -2.49. The van der Waals surface area contributed by atoms with E-state index in [9.17, 15) is 9.59 Å². The minimum Gasteiger partial charge on any atom is -0.340 e. The third-order valence-corrected chi connectivity index (χ3v) is 6.61. The van der Waals surface area contributed by atoms with E-state index in [4.69, 9.17) is 4.98 Å². The Morgan fingerprint density at radius 1 is 1.19 bits per heavy atom. The Hall–Kier alpha value is -1.73. The molecule has 0 radical (unpaired) electrons. The number of aromatic amines is 1. The molecule has 7 heteroatoms. The summed E-state index contributed by atoms with van der Waals surface area (Å²) >= 11 is 1.70. The summed E-state index contributed by atoms with van der Waals surface area (Å²) in [6, 6.07) is 0. The van der Waals surface area contributed by atoms with Crippen LogP contribution in [-0.4, -0.2) is 51.9 Å². The van der Waals surface area contributed by atoms with Crippen molar-refractivity contribution < 1.29 is 4.79 Å². The van der Waals surface area contributed by atoms with Crippen molar-refractivity contribution in [3.8, 4) is 0 Å². The molecule has 26 heavy (non-hydrogen) atoms. The maximum absolute atomic E-state index is 12.6. The molecule has 2 aromatic rings. The van der Waals surface area contributed by atoms with Crippen LogP contribution in [-0.2, 0) is 24.2 Å². The number of carbonyl (C=O) groups is 1. The van der Waals surface area contributed by atoms with Gasteiger partial charge in [0.15, 0.2) is 0 Å². The molecule has 0 unspecified atom stereocenters. The van der Waals surface area contributed by atoms with Crippen LogP contribution < -0.4 is 5.56 Å². The Morgan fingerprint density at radius 2 is 1.92 bits per heavy atom. The number of nitrogens with zero attached hydrogens (tertiary/aromatic N) is 3. The quantitative estimate of drug-likeness (QED) is 0.894. The van der Waals surface area contributed by atoms with Crippen LogP contribution in [0, 0.1) is 5.92 Å². The van der Waals surface area contributed by atoms with Gasteiger partial charge in [0.05, 0.1) is 11.9 Å². The zero-order valence-electron chi connectivity index (χ0n) is 15.5. The smallest absolute Gasteiger partial charge is 0.259 e. The Bertz CT molecular complexity index is 878. The van der Waals surface area contributed by atoms with E-state index in [0.29, 0.717) is 6.54 Å². The molecule has 1 amide bonds. The molecule has 1 fully saturated rings. The molecule has 0 spiro atoms. The van der Waals surface area contributed by atoms with Gasteiger partial charge in [-0.2, -0.15) is 0 Å². The summed E-state index contributed by atoms with van der Waals surface area (Å²) in [6.07, 6.45) is 4.46. The Morgan fingerprint density at radius 3 is 2.65 bits per heavy atom. The van der Waals surface area contributed by atoms with Crippen molar-refractivity contribution >= 4 is 27.5 Å². The summed E-state index contributed by atoms with van der Waals surface area (Å²) in [5.41, 5.74) is 1.25. The molecular formula is C19H26N4O2S. The number of fused-ring (bicyclic) bond motifs is 3. The van der Waals surface area contributed by atoms with E-state index in [1.165, 1.54) is 23.3 Å². The van der Waals surface area contributed by atoms with Gasteiger partial charge in [-0.25, -0.2) is 4.98 Å². The second-order valence-electron chi connectivity index (χ2n) is 7.66. The predicted octanol–water partition coefficient (Wildman–Crippen LogP) is 2.16. The first-order valence-electron chi connectivity index (χ1n) is 9.57. The Balaban J connectivity index is 1.48. The highest BCUT2D eigenvalue weighted by molar-refractivity contribution is 7.18. The molecule has 6 nitrogen and oxygen atoms in total. The fraction of sp³-hybridized carbons (Fsp3) is 0.632. The average molecular weight is 375 g/mol. The number of thiophene rings is 1. The zero-order valence-corrected chi connectivity index (χ0v) is 16.3. The standard InChI is InChI=1S/C19H26N4O2S/c1-12(2)19(25)23-9-7-22(8-10-23)11-15-20-17(24)16-13-5-3-4-6-14(13)26-18(16)21-15/h12H,3-11H2,1-2H3,(H,20,21,24). The Kier molecular flexibility index (Phi) is 4.84. The summed E-state index contributed by atoms with van der Waals surface area (Å²) in [7, 11) is 0. The van der Waals surface area contributed by atoms with Gasteiger partial charge in [0.2, 0.25) is 5.91 Å². The van der Waals surface area contributed by atoms with Crippen LogP contribution in [0.2, 0.25) is 0 Å². The van der Waals surface area contributed by atoms with E-state index >= 15 is 0 Å². The van der Waals surface area contributed by atoms with Crippen molar-refractivity contribution in [2.45, 2.75) is 46.1 Å². The maximum Gasteiger partial charge on any atom is 0.259 e. The third-order valence-electron chi connectivity index (χ3n) is 5.43. The predicted molar refractivity (Wildman–Crippen MR) is 104 cm³/mol. The summed E-state index contributed by atoms with van der Waals surface area (Å²) in [5, 5.41) is 0.820. The van der Waals surface area contributed by atoms with Gasteiger partial charge in [-0.05, 0) is 31.2 Å². The molecule has 1 N–H and O–H groups in total. The fourth-order valence-electron chi connectivity index (χ4n) is 3.99. The highest BCUT2D eigenvalue weighted by atomic mass is 32.1.